The molecule has 27 heavy (non-hydrogen) atoms. The number of aliphatic imine (C=N–C) groups is 1. The van der Waals surface area contributed by atoms with Gasteiger partial charge in [-0.3, -0.25) is 4.99 Å². The second-order valence-electron chi connectivity index (χ2n) is 6.39. The molecule has 0 spiro atoms. The van der Waals surface area contributed by atoms with E-state index in [1.807, 2.05) is 36.4 Å². The monoisotopic (exact) mass is 392 g/mol. The molecule has 0 amide bonds. The van der Waals surface area contributed by atoms with E-state index in [4.69, 9.17) is 33.5 Å². The molecule has 0 aliphatic carbocycles. The summed E-state index contributed by atoms with van der Waals surface area (Å²) in [6.45, 7) is 2.07. The first-order valence-corrected chi connectivity index (χ1v) is 9.37. The standard InChI is InChI=1S/C22H17ClN2OS/c1-14-5-7-15(8-6-14)20-13-22(27)25-19-10-9-18(12-21(19)24-20)26-17-4-2-3-16(23)11-17/h2-12H,13H2,1H3,(H,25,27). The third kappa shape index (κ3) is 4.18. The maximum Gasteiger partial charge on any atom is 0.129 e. The number of halogens is 1. The van der Waals surface area contributed by atoms with Gasteiger partial charge < -0.3 is 10.1 Å². The minimum absolute atomic E-state index is 0.595. The summed E-state index contributed by atoms with van der Waals surface area (Å²) >= 11 is 11.5. The molecule has 3 aromatic rings. The fourth-order valence-electron chi connectivity index (χ4n) is 2.88. The summed E-state index contributed by atoms with van der Waals surface area (Å²) in [6, 6.07) is 21.4. The van der Waals surface area contributed by atoms with Gasteiger partial charge in [0.2, 0.25) is 0 Å². The molecule has 0 atom stereocenters. The van der Waals surface area contributed by atoms with Gasteiger partial charge in [0, 0.05) is 17.5 Å². The van der Waals surface area contributed by atoms with Gasteiger partial charge in [-0.1, -0.05) is 59.7 Å². The molecule has 1 heterocycles. The van der Waals surface area contributed by atoms with Crippen LogP contribution in [0.3, 0.4) is 0 Å². The van der Waals surface area contributed by atoms with E-state index in [1.165, 1.54) is 5.56 Å². The number of anilines is 1. The molecule has 0 aromatic heterocycles. The Morgan fingerprint density at radius 1 is 1.00 bits per heavy atom. The van der Waals surface area contributed by atoms with Gasteiger partial charge in [-0.15, -0.1) is 0 Å². The number of nitrogens with one attached hydrogen (secondary N) is 1. The summed E-state index contributed by atoms with van der Waals surface area (Å²) in [7, 11) is 0. The second kappa shape index (κ2) is 7.51. The summed E-state index contributed by atoms with van der Waals surface area (Å²) in [6.07, 6.45) is 0.595. The summed E-state index contributed by atoms with van der Waals surface area (Å²) in [5.41, 5.74) is 4.89. The first-order valence-electron chi connectivity index (χ1n) is 8.59. The van der Waals surface area contributed by atoms with Gasteiger partial charge in [-0.25, -0.2) is 0 Å². The zero-order valence-corrected chi connectivity index (χ0v) is 16.3. The minimum atomic E-state index is 0.595. The molecule has 1 N–H and O–H groups in total. The van der Waals surface area contributed by atoms with Crippen LogP contribution in [0.25, 0.3) is 0 Å². The lowest BCUT2D eigenvalue weighted by Gasteiger charge is -2.10. The molecule has 0 bridgehead atoms. The van der Waals surface area contributed by atoms with E-state index in [0.717, 1.165) is 27.6 Å². The zero-order valence-electron chi connectivity index (χ0n) is 14.7. The first-order chi connectivity index (χ1) is 13.1. The number of nitrogens with zero attached hydrogens (tertiary/aromatic N) is 1. The maximum atomic E-state index is 6.04. The highest BCUT2D eigenvalue weighted by Crippen LogP contribution is 2.35. The normalized spacial score (nSPS) is 13.3. The molecule has 134 valence electrons. The fourth-order valence-corrected chi connectivity index (χ4v) is 3.31. The minimum Gasteiger partial charge on any atom is -0.457 e. The summed E-state index contributed by atoms with van der Waals surface area (Å²) in [5, 5.41) is 3.91. The predicted octanol–water partition coefficient (Wildman–Crippen LogP) is 6.70. The van der Waals surface area contributed by atoms with Crippen molar-refractivity contribution in [1.29, 1.82) is 0 Å². The number of aryl methyl sites for hydroxylation is 1. The van der Waals surface area contributed by atoms with Crippen molar-refractivity contribution in [2.24, 2.45) is 4.99 Å². The van der Waals surface area contributed by atoms with E-state index in [-0.39, 0.29) is 0 Å². The van der Waals surface area contributed by atoms with Crippen LogP contribution in [0.4, 0.5) is 11.4 Å². The van der Waals surface area contributed by atoms with Crippen LogP contribution in [0.5, 0.6) is 11.5 Å². The van der Waals surface area contributed by atoms with Crippen molar-refractivity contribution in [3.05, 3.63) is 82.9 Å². The van der Waals surface area contributed by atoms with Crippen LogP contribution in [0.1, 0.15) is 17.5 Å². The van der Waals surface area contributed by atoms with Gasteiger partial charge in [-0.05, 0) is 42.8 Å². The van der Waals surface area contributed by atoms with Crippen LogP contribution in [0.15, 0.2) is 71.7 Å². The number of ether oxygens (including phenoxy) is 1. The highest BCUT2D eigenvalue weighted by molar-refractivity contribution is 7.80. The lowest BCUT2D eigenvalue weighted by molar-refractivity contribution is 0.483. The molecule has 3 nitrogen and oxygen atoms in total. The lowest BCUT2D eigenvalue weighted by Crippen LogP contribution is -2.12. The lowest BCUT2D eigenvalue weighted by atomic mass is 10.1. The van der Waals surface area contributed by atoms with Crippen LogP contribution >= 0.6 is 23.8 Å². The SMILES string of the molecule is Cc1ccc(C2=Nc3cc(Oc4cccc(Cl)c4)ccc3NC(=S)C2)cc1. The van der Waals surface area contributed by atoms with E-state index in [1.54, 1.807) is 6.07 Å². The molecule has 5 heteroatoms. The molecule has 0 saturated heterocycles. The molecular weight excluding hydrogens is 376 g/mol. The number of hydrogen-bond acceptors (Lipinski definition) is 3. The Bertz CT molecular complexity index is 1040. The van der Waals surface area contributed by atoms with Crippen LogP contribution in [-0.2, 0) is 0 Å². The largest absolute Gasteiger partial charge is 0.457 e. The van der Waals surface area contributed by atoms with Crippen LogP contribution in [0.2, 0.25) is 5.02 Å². The number of thiocarbonyl (C=S) groups is 1. The number of fused-ring (bicyclic) bond motifs is 1. The molecular formula is C22H17ClN2OS. The average molecular weight is 393 g/mol. The predicted molar refractivity (Wildman–Crippen MR) is 116 cm³/mol. The van der Waals surface area contributed by atoms with Gasteiger partial charge in [0.25, 0.3) is 0 Å². The van der Waals surface area contributed by atoms with Crippen molar-refractivity contribution in [2.75, 3.05) is 5.32 Å². The Hall–Kier alpha value is -2.69. The Balaban J connectivity index is 1.71. The topological polar surface area (TPSA) is 33.6 Å². The molecule has 0 radical (unpaired) electrons. The Kier molecular flexibility index (Phi) is 4.92. The number of benzene rings is 3. The quantitative estimate of drug-likeness (QED) is 0.503. The summed E-state index contributed by atoms with van der Waals surface area (Å²) in [5.74, 6) is 1.37. The molecule has 0 saturated carbocycles. The molecule has 3 aromatic carbocycles. The Morgan fingerprint density at radius 2 is 1.78 bits per heavy atom. The van der Waals surface area contributed by atoms with Gasteiger partial charge in [-0.2, -0.15) is 0 Å². The van der Waals surface area contributed by atoms with Gasteiger partial charge >= 0.3 is 0 Å². The van der Waals surface area contributed by atoms with Gasteiger partial charge in [0.05, 0.1) is 22.1 Å². The molecule has 0 unspecified atom stereocenters. The Morgan fingerprint density at radius 3 is 2.56 bits per heavy atom. The van der Waals surface area contributed by atoms with Crippen molar-refractivity contribution in [2.45, 2.75) is 13.3 Å². The maximum absolute atomic E-state index is 6.04. The summed E-state index contributed by atoms with van der Waals surface area (Å²) < 4.78 is 5.94. The highest BCUT2D eigenvalue weighted by atomic mass is 35.5. The van der Waals surface area contributed by atoms with Crippen LogP contribution in [-0.4, -0.2) is 10.7 Å². The van der Waals surface area contributed by atoms with E-state index < -0.39 is 0 Å². The molecule has 0 fully saturated rings. The van der Waals surface area contributed by atoms with Crippen molar-refractivity contribution >= 4 is 45.9 Å². The number of rotatable bonds is 3. The smallest absolute Gasteiger partial charge is 0.129 e. The first kappa shape index (κ1) is 17.7. The van der Waals surface area contributed by atoms with E-state index >= 15 is 0 Å². The molecule has 1 aliphatic heterocycles. The van der Waals surface area contributed by atoms with Crippen molar-refractivity contribution in [1.82, 2.24) is 0 Å². The molecule has 4 rings (SSSR count). The number of hydrogen-bond donors (Lipinski definition) is 1. The average Bonchev–Trinajstić information content (AvgIpc) is 2.80. The fraction of sp³-hybridized carbons (Fsp3) is 0.0909. The highest BCUT2D eigenvalue weighted by Gasteiger charge is 2.16. The van der Waals surface area contributed by atoms with Crippen LogP contribution < -0.4 is 10.1 Å². The van der Waals surface area contributed by atoms with Crippen molar-refractivity contribution in [3.8, 4) is 11.5 Å². The van der Waals surface area contributed by atoms with Gasteiger partial charge in [0.1, 0.15) is 11.5 Å². The second-order valence-corrected chi connectivity index (χ2v) is 7.32. The Labute approximate surface area is 168 Å². The van der Waals surface area contributed by atoms with E-state index in [2.05, 4.69) is 36.5 Å². The zero-order chi connectivity index (χ0) is 18.8. The third-order valence-electron chi connectivity index (χ3n) is 4.24. The van der Waals surface area contributed by atoms with Crippen LogP contribution in [0, 0.1) is 6.92 Å². The van der Waals surface area contributed by atoms with E-state index in [0.29, 0.717) is 22.9 Å². The van der Waals surface area contributed by atoms with Crippen molar-refractivity contribution in [3.63, 3.8) is 0 Å². The van der Waals surface area contributed by atoms with Crippen molar-refractivity contribution < 1.29 is 4.74 Å². The summed E-state index contributed by atoms with van der Waals surface area (Å²) in [4.78, 5) is 5.62. The van der Waals surface area contributed by atoms with E-state index in [9.17, 15) is 0 Å². The molecule has 1 aliphatic rings. The third-order valence-corrected chi connectivity index (χ3v) is 4.72. The van der Waals surface area contributed by atoms with Gasteiger partial charge in [0.15, 0.2) is 0 Å².